The summed E-state index contributed by atoms with van der Waals surface area (Å²) in [6.07, 6.45) is 8.16. The second-order valence-corrected chi connectivity index (χ2v) is 7.08. The van der Waals surface area contributed by atoms with E-state index in [1.807, 2.05) is 26.0 Å². The Labute approximate surface area is 146 Å². The smallest absolute Gasteiger partial charge is 0.306 e. The van der Waals surface area contributed by atoms with Gasteiger partial charge in [-0.15, -0.1) is 0 Å². The van der Waals surface area contributed by atoms with E-state index in [0.29, 0.717) is 6.42 Å². The van der Waals surface area contributed by atoms with Gasteiger partial charge in [-0.1, -0.05) is 44.4 Å². The molecule has 1 fully saturated rings. The number of carbonyl (C=O) groups is 1. The van der Waals surface area contributed by atoms with Gasteiger partial charge >= 0.3 is 5.97 Å². The second-order valence-electron chi connectivity index (χ2n) is 7.08. The Bertz CT molecular complexity index is 510. The van der Waals surface area contributed by atoms with Gasteiger partial charge in [-0.05, 0) is 45.6 Å². The molecule has 0 radical (unpaired) electrons. The molecule has 0 heterocycles. The van der Waals surface area contributed by atoms with Crippen molar-refractivity contribution in [2.24, 2.45) is 0 Å². The molecular formula is C21H32O3. The number of hydrogen-bond acceptors (Lipinski definition) is 3. The highest BCUT2D eigenvalue weighted by atomic mass is 16.5. The van der Waals surface area contributed by atoms with Gasteiger partial charge in [0.25, 0.3) is 0 Å². The number of hydrogen-bond donors (Lipinski definition) is 0. The zero-order valence-corrected chi connectivity index (χ0v) is 15.4. The lowest BCUT2D eigenvalue weighted by atomic mass is 9.81. The van der Waals surface area contributed by atoms with E-state index < -0.39 is 0 Å². The lowest BCUT2D eigenvalue weighted by Crippen LogP contribution is -2.29. The topological polar surface area (TPSA) is 35.5 Å². The van der Waals surface area contributed by atoms with Crippen molar-refractivity contribution in [1.82, 2.24) is 0 Å². The highest BCUT2D eigenvalue weighted by Crippen LogP contribution is 2.39. The fraction of sp³-hybridized carbons (Fsp3) is 0.667. The van der Waals surface area contributed by atoms with E-state index in [9.17, 15) is 4.79 Å². The highest BCUT2D eigenvalue weighted by Gasteiger charge is 2.31. The van der Waals surface area contributed by atoms with Gasteiger partial charge in [0.1, 0.15) is 11.9 Å². The van der Waals surface area contributed by atoms with Crippen LogP contribution in [0.5, 0.6) is 5.75 Å². The Morgan fingerprint density at radius 3 is 2.67 bits per heavy atom. The number of esters is 1. The van der Waals surface area contributed by atoms with E-state index >= 15 is 0 Å². The number of rotatable bonds is 8. The Morgan fingerprint density at radius 2 is 1.92 bits per heavy atom. The van der Waals surface area contributed by atoms with Gasteiger partial charge in [0.15, 0.2) is 0 Å². The molecule has 3 heteroatoms. The maximum atomic E-state index is 12.2. The molecule has 0 amide bonds. The summed E-state index contributed by atoms with van der Waals surface area (Å²) in [5.41, 5.74) is 1.19. The minimum atomic E-state index is -0.0393. The highest BCUT2D eigenvalue weighted by molar-refractivity contribution is 5.69. The summed E-state index contributed by atoms with van der Waals surface area (Å²) < 4.78 is 11.9. The summed E-state index contributed by atoms with van der Waals surface area (Å²) in [6.45, 7) is 6.24. The zero-order valence-electron chi connectivity index (χ0n) is 15.4. The number of ether oxygens (including phenoxy) is 2. The first-order valence-electron chi connectivity index (χ1n) is 9.56. The van der Waals surface area contributed by atoms with Gasteiger partial charge in [-0.25, -0.2) is 0 Å². The summed E-state index contributed by atoms with van der Waals surface area (Å²) in [4.78, 5) is 12.2. The summed E-state index contributed by atoms with van der Waals surface area (Å²) >= 11 is 0. The van der Waals surface area contributed by atoms with Crippen LogP contribution in [0.15, 0.2) is 24.3 Å². The van der Waals surface area contributed by atoms with Crippen molar-refractivity contribution in [3.05, 3.63) is 29.8 Å². The molecule has 0 N–H and O–H groups in total. The first-order valence-corrected chi connectivity index (χ1v) is 9.56. The van der Waals surface area contributed by atoms with Gasteiger partial charge in [0.05, 0.1) is 6.10 Å². The quantitative estimate of drug-likeness (QED) is 0.457. The fourth-order valence-electron chi connectivity index (χ4n) is 3.49. The van der Waals surface area contributed by atoms with Crippen molar-refractivity contribution >= 4 is 5.97 Å². The molecule has 1 aromatic carbocycles. The maximum Gasteiger partial charge on any atom is 0.306 e. The van der Waals surface area contributed by atoms with Crippen LogP contribution in [0.4, 0.5) is 0 Å². The fourth-order valence-corrected chi connectivity index (χ4v) is 3.49. The number of benzene rings is 1. The van der Waals surface area contributed by atoms with Crippen LogP contribution in [0.3, 0.4) is 0 Å². The van der Waals surface area contributed by atoms with Crippen LogP contribution in [0, 0.1) is 0 Å². The van der Waals surface area contributed by atoms with E-state index in [4.69, 9.17) is 9.47 Å². The van der Waals surface area contributed by atoms with Crippen molar-refractivity contribution in [1.29, 1.82) is 0 Å². The molecule has 0 aliphatic heterocycles. The summed E-state index contributed by atoms with van der Waals surface area (Å²) in [5, 5.41) is 0. The third kappa shape index (κ3) is 5.54. The van der Waals surface area contributed by atoms with Crippen LogP contribution >= 0.6 is 0 Å². The SMILES string of the molecule is CCCCCC(=O)OC1CCCCC1c1ccccc1OC(C)C. The van der Waals surface area contributed by atoms with Crippen molar-refractivity contribution in [2.45, 2.75) is 90.3 Å². The maximum absolute atomic E-state index is 12.2. The Morgan fingerprint density at radius 1 is 1.17 bits per heavy atom. The molecular weight excluding hydrogens is 300 g/mol. The second kappa shape index (κ2) is 9.71. The van der Waals surface area contributed by atoms with Crippen LogP contribution in [0.1, 0.15) is 83.6 Å². The van der Waals surface area contributed by atoms with Gasteiger partial charge in [0, 0.05) is 17.9 Å². The lowest BCUT2D eigenvalue weighted by molar-refractivity contribution is -0.151. The van der Waals surface area contributed by atoms with Crippen LogP contribution in [0.25, 0.3) is 0 Å². The molecule has 0 aromatic heterocycles. The van der Waals surface area contributed by atoms with Crippen LogP contribution in [-0.4, -0.2) is 18.2 Å². The summed E-state index contributed by atoms with van der Waals surface area (Å²) in [6, 6.07) is 8.22. The first-order chi connectivity index (χ1) is 11.6. The minimum Gasteiger partial charge on any atom is -0.491 e. The van der Waals surface area contributed by atoms with E-state index in [1.54, 1.807) is 0 Å². The molecule has 1 aliphatic rings. The van der Waals surface area contributed by atoms with Crippen molar-refractivity contribution < 1.29 is 14.3 Å². The molecule has 0 saturated heterocycles. The third-order valence-corrected chi connectivity index (χ3v) is 4.65. The van der Waals surface area contributed by atoms with Gasteiger partial charge in [-0.2, -0.15) is 0 Å². The molecule has 24 heavy (non-hydrogen) atoms. The molecule has 2 atom stereocenters. The van der Waals surface area contributed by atoms with E-state index in [2.05, 4.69) is 19.1 Å². The lowest BCUT2D eigenvalue weighted by Gasteiger charge is -2.32. The molecule has 0 bridgehead atoms. The van der Waals surface area contributed by atoms with Crippen molar-refractivity contribution in [3.63, 3.8) is 0 Å². The largest absolute Gasteiger partial charge is 0.491 e. The normalized spacial score (nSPS) is 20.8. The third-order valence-electron chi connectivity index (χ3n) is 4.65. The average molecular weight is 332 g/mol. The monoisotopic (exact) mass is 332 g/mol. The Balaban J connectivity index is 2.07. The predicted octanol–water partition coefficient (Wildman–Crippen LogP) is 5.62. The van der Waals surface area contributed by atoms with E-state index in [-0.39, 0.29) is 24.1 Å². The zero-order chi connectivity index (χ0) is 17.4. The molecule has 2 rings (SSSR count). The first kappa shape index (κ1) is 18.8. The number of unbranched alkanes of at least 4 members (excludes halogenated alkanes) is 2. The Kier molecular flexibility index (Phi) is 7.61. The summed E-state index contributed by atoms with van der Waals surface area (Å²) in [7, 11) is 0. The molecule has 1 aromatic rings. The van der Waals surface area contributed by atoms with Gasteiger partial charge in [-0.3, -0.25) is 4.79 Å². The van der Waals surface area contributed by atoms with Crippen LogP contribution < -0.4 is 4.74 Å². The van der Waals surface area contributed by atoms with Gasteiger partial charge in [0.2, 0.25) is 0 Å². The van der Waals surface area contributed by atoms with Crippen molar-refractivity contribution in [3.8, 4) is 5.75 Å². The number of para-hydroxylation sites is 1. The van der Waals surface area contributed by atoms with E-state index in [0.717, 1.165) is 44.3 Å². The standard InChI is InChI=1S/C21H32O3/c1-4-5-6-15-21(22)24-20-14-10-8-12-18(20)17-11-7-9-13-19(17)23-16(2)3/h7,9,11,13,16,18,20H,4-6,8,10,12,14-15H2,1-3H3. The van der Waals surface area contributed by atoms with Gasteiger partial charge < -0.3 is 9.47 Å². The molecule has 3 nitrogen and oxygen atoms in total. The molecule has 0 spiro atoms. The van der Waals surface area contributed by atoms with Crippen LogP contribution in [-0.2, 0) is 9.53 Å². The molecule has 1 aliphatic carbocycles. The average Bonchev–Trinajstić information content (AvgIpc) is 2.56. The minimum absolute atomic E-state index is 0.00945. The predicted molar refractivity (Wildman–Crippen MR) is 97.4 cm³/mol. The molecule has 134 valence electrons. The molecule has 2 unspecified atom stereocenters. The van der Waals surface area contributed by atoms with Crippen molar-refractivity contribution in [2.75, 3.05) is 0 Å². The number of carbonyl (C=O) groups excluding carboxylic acids is 1. The van der Waals surface area contributed by atoms with Crippen LogP contribution in [0.2, 0.25) is 0 Å². The summed E-state index contributed by atoms with van der Waals surface area (Å²) in [5.74, 6) is 1.15. The molecule has 1 saturated carbocycles. The Hall–Kier alpha value is -1.51. The van der Waals surface area contributed by atoms with E-state index in [1.165, 1.54) is 12.0 Å².